The lowest BCUT2D eigenvalue weighted by Gasteiger charge is -2.33. The first kappa shape index (κ1) is 18.1. The number of nitrogens with zero attached hydrogens (tertiary/aromatic N) is 4. The molecule has 3 rings (SSSR count). The molecule has 2 N–H and O–H groups in total. The van der Waals surface area contributed by atoms with Gasteiger partial charge in [-0.05, 0) is 24.3 Å². The molecule has 1 aliphatic heterocycles. The molecule has 1 aromatic carbocycles. The highest BCUT2D eigenvalue weighted by Crippen LogP contribution is 2.21. The van der Waals surface area contributed by atoms with E-state index in [4.69, 9.17) is 10.5 Å². The zero-order chi connectivity index (χ0) is 18.7. The first-order valence-corrected chi connectivity index (χ1v) is 9.37. The molecule has 0 radical (unpaired) electrons. The standard InChI is InChI=1S/C16H19N5O4S/c1-25-12-2-4-13(5-3-12)26(23,24)21-10-8-20(9-11-21)16(22)14-15(17)19-7-6-18-14/h2-7H,8-11H2,1H3,(H2,17,19). The molecule has 2 heterocycles. The Kier molecular flexibility index (Phi) is 5.05. The SMILES string of the molecule is COc1ccc(S(=O)(=O)N2CCN(C(=O)c3nccnc3N)CC2)cc1. The fraction of sp³-hybridized carbons (Fsp3) is 0.312. The first-order chi connectivity index (χ1) is 12.4. The van der Waals surface area contributed by atoms with Gasteiger partial charge in [-0.1, -0.05) is 0 Å². The van der Waals surface area contributed by atoms with Crippen molar-refractivity contribution in [1.29, 1.82) is 0 Å². The Morgan fingerprint density at radius 3 is 2.27 bits per heavy atom. The van der Waals surface area contributed by atoms with E-state index in [1.807, 2.05) is 0 Å². The van der Waals surface area contributed by atoms with Gasteiger partial charge in [-0.3, -0.25) is 4.79 Å². The van der Waals surface area contributed by atoms with E-state index in [2.05, 4.69) is 9.97 Å². The zero-order valence-electron chi connectivity index (χ0n) is 14.2. The third kappa shape index (κ3) is 3.46. The molecule has 0 unspecified atom stereocenters. The number of nitrogen functional groups attached to an aromatic ring is 1. The van der Waals surface area contributed by atoms with Crippen LogP contribution < -0.4 is 10.5 Å². The summed E-state index contributed by atoms with van der Waals surface area (Å²) in [5, 5.41) is 0. The average Bonchev–Trinajstić information content (AvgIpc) is 2.68. The molecule has 0 saturated carbocycles. The minimum atomic E-state index is -3.62. The Morgan fingerprint density at radius 1 is 1.08 bits per heavy atom. The maximum Gasteiger partial charge on any atom is 0.276 e. The number of ether oxygens (including phenoxy) is 1. The molecule has 10 heteroatoms. The molecule has 138 valence electrons. The molecule has 0 spiro atoms. The van der Waals surface area contributed by atoms with Crippen molar-refractivity contribution >= 4 is 21.7 Å². The van der Waals surface area contributed by atoms with Gasteiger partial charge in [0.15, 0.2) is 11.5 Å². The number of amides is 1. The Balaban J connectivity index is 1.69. The van der Waals surface area contributed by atoms with E-state index in [0.29, 0.717) is 5.75 Å². The van der Waals surface area contributed by atoms with Gasteiger partial charge in [0.05, 0.1) is 12.0 Å². The van der Waals surface area contributed by atoms with Crippen LogP contribution in [0.25, 0.3) is 0 Å². The van der Waals surface area contributed by atoms with Crippen LogP contribution in [0.3, 0.4) is 0 Å². The first-order valence-electron chi connectivity index (χ1n) is 7.93. The smallest absolute Gasteiger partial charge is 0.276 e. The third-order valence-electron chi connectivity index (χ3n) is 4.15. The number of sulfonamides is 1. The van der Waals surface area contributed by atoms with Crippen molar-refractivity contribution in [2.75, 3.05) is 39.0 Å². The lowest BCUT2D eigenvalue weighted by molar-refractivity contribution is 0.0692. The molecular weight excluding hydrogens is 358 g/mol. The molecule has 1 aromatic heterocycles. The number of hydrogen-bond donors (Lipinski definition) is 1. The summed E-state index contributed by atoms with van der Waals surface area (Å²) >= 11 is 0. The van der Waals surface area contributed by atoms with Gasteiger partial charge < -0.3 is 15.4 Å². The van der Waals surface area contributed by atoms with Crippen molar-refractivity contribution in [3.8, 4) is 5.75 Å². The molecule has 1 fully saturated rings. The van der Waals surface area contributed by atoms with Crippen LogP contribution in [0, 0.1) is 0 Å². The number of rotatable bonds is 4. The van der Waals surface area contributed by atoms with Crippen LogP contribution in [0.15, 0.2) is 41.6 Å². The lowest BCUT2D eigenvalue weighted by Crippen LogP contribution is -2.50. The lowest BCUT2D eigenvalue weighted by atomic mass is 10.3. The van der Waals surface area contributed by atoms with Gasteiger partial charge in [-0.15, -0.1) is 0 Å². The zero-order valence-corrected chi connectivity index (χ0v) is 15.0. The van der Waals surface area contributed by atoms with Crippen LogP contribution in [-0.2, 0) is 10.0 Å². The highest BCUT2D eigenvalue weighted by atomic mass is 32.2. The third-order valence-corrected chi connectivity index (χ3v) is 6.07. The summed E-state index contributed by atoms with van der Waals surface area (Å²) < 4.78 is 31.9. The van der Waals surface area contributed by atoms with E-state index in [-0.39, 0.29) is 48.5 Å². The van der Waals surface area contributed by atoms with Crippen molar-refractivity contribution < 1.29 is 17.9 Å². The molecule has 2 aromatic rings. The van der Waals surface area contributed by atoms with Crippen molar-refractivity contribution in [1.82, 2.24) is 19.2 Å². The molecular formula is C16H19N5O4S. The Hall–Kier alpha value is -2.72. The normalized spacial score (nSPS) is 15.7. The summed E-state index contributed by atoms with van der Waals surface area (Å²) in [7, 11) is -2.10. The monoisotopic (exact) mass is 377 g/mol. The molecule has 1 amide bonds. The van der Waals surface area contributed by atoms with Gasteiger partial charge in [-0.2, -0.15) is 4.31 Å². The maximum atomic E-state index is 12.7. The van der Waals surface area contributed by atoms with Crippen LogP contribution in [-0.4, -0.2) is 66.8 Å². The molecule has 0 aliphatic carbocycles. The summed E-state index contributed by atoms with van der Waals surface area (Å²) in [6.07, 6.45) is 2.81. The Labute approximate surface area is 151 Å². The van der Waals surface area contributed by atoms with Gasteiger partial charge in [0.25, 0.3) is 5.91 Å². The number of nitrogens with two attached hydrogens (primary N) is 1. The number of anilines is 1. The number of carbonyl (C=O) groups is 1. The molecule has 9 nitrogen and oxygen atoms in total. The van der Waals surface area contributed by atoms with Gasteiger partial charge in [0.1, 0.15) is 5.75 Å². The second-order valence-corrected chi connectivity index (χ2v) is 7.60. The van der Waals surface area contributed by atoms with Gasteiger partial charge in [0.2, 0.25) is 10.0 Å². The summed E-state index contributed by atoms with van der Waals surface area (Å²) in [6, 6.07) is 6.21. The van der Waals surface area contributed by atoms with E-state index in [1.165, 1.54) is 40.8 Å². The number of carbonyl (C=O) groups excluding carboxylic acids is 1. The Bertz CT molecular complexity index is 893. The second-order valence-electron chi connectivity index (χ2n) is 5.66. The van der Waals surface area contributed by atoms with Crippen LogP contribution in [0.5, 0.6) is 5.75 Å². The van der Waals surface area contributed by atoms with Crippen molar-refractivity contribution in [2.45, 2.75) is 4.90 Å². The second kappa shape index (κ2) is 7.26. The van der Waals surface area contributed by atoms with E-state index in [1.54, 1.807) is 12.1 Å². The van der Waals surface area contributed by atoms with Gasteiger partial charge >= 0.3 is 0 Å². The number of methoxy groups -OCH3 is 1. The number of piperazine rings is 1. The van der Waals surface area contributed by atoms with E-state index in [9.17, 15) is 13.2 Å². The van der Waals surface area contributed by atoms with E-state index in [0.717, 1.165) is 0 Å². The molecule has 0 atom stereocenters. The van der Waals surface area contributed by atoms with Crippen molar-refractivity contribution in [2.24, 2.45) is 0 Å². The number of aromatic nitrogens is 2. The maximum absolute atomic E-state index is 12.7. The number of hydrogen-bond acceptors (Lipinski definition) is 7. The predicted molar refractivity (Wildman–Crippen MR) is 94.1 cm³/mol. The van der Waals surface area contributed by atoms with E-state index >= 15 is 0 Å². The largest absolute Gasteiger partial charge is 0.497 e. The van der Waals surface area contributed by atoms with Crippen LogP contribution in [0.1, 0.15) is 10.5 Å². The Morgan fingerprint density at radius 2 is 1.69 bits per heavy atom. The molecule has 26 heavy (non-hydrogen) atoms. The van der Waals surface area contributed by atoms with Gasteiger partial charge in [-0.25, -0.2) is 18.4 Å². The minimum Gasteiger partial charge on any atom is -0.497 e. The topological polar surface area (TPSA) is 119 Å². The fourth-order valence-electron chi connectivity index (χ4n) is 2.69. The minimum absolute atomic E-state index is 0.0609. The molecule has 1 aliphatic rings. The summed E-state index contributed by atoms with van der Waals surface area (Å²) in [4.78, 5) is 22.0. The quantitative estimate of drug-likeness (QED) is 0.809. The molecule has 1 saturated heterocycles. The number of benzene rings is 1. The summed E-state index contributed by atoms with van der Waals surface area (Å²) in [6.45, 7) is 0.898. The highest BCUT2D eigenvalue weighted by Gasteiger charge is 2.31. The molecule has 0 bridgehead atoms. The van der Waals surface area contributed by atoms with Crippen molar-refractivity contribution in [3.05, 3.63) is 42.4 Å². The van der Waals surface area contributed by atoms with Crippen LogP contribution in [0.4, 0.5) is 5.82 Å². The summed E-state index contributed by atoms with van der Waals surface area (Å²) in [5.41, 5.74) is 5.77. The van der Waals surface area contributed by atoms with Crippen LogP contribution >= 0.6 is 0 Å². The van der Waals surface area contributed by atoms with Crippen molar-refractivity contribution in [3.63, 3.8) is 0 Å². The van der Waals surface area contributed by atoms with Gasteiger partial charge in [0, 0.05) is 38.6 Å². The fourth-order valence-corrected chi connectivity index (χ4v) is 4.11. The summed E-state index contributed by atoms with van der Waals surface area (Å²) in [5.74, 6) is 0.295. The predicted octanol–water partition coefficient (Wildman–Crippen LogP) is 0.214. The average molecular weight is 377 g/mol. The highest BCUT2D eigenvalue weighted by molar-refractivity contribution is 7.89. The van der Waals surface area contributed by atoms with E-state index < -0.39 is 10.0 Å². The van der Waals surface area contributed by atoms with Crippen LogP contribution in [0.2, 0.25) is 0 Å².